The molecule has 0 bridgehead atoms. The molecule has 1 unspecified atom stereocenters. The molecule has 0 radical (unpaired) electrons. The number of benzene rings is 2. The third kappa shape index (κ3) is 10.6. The Labute approximate surface area is 204 Å². The van der Waals surface area contributed by atoms with Gasteiger partial charge in [-0.15, -0.1) is 0 Å². The molecule has 0 aliphatic heterocycles. The van der Waals surface area contributed by atoms with Gasteiger partial charge < -0.3 is 4.52 Å². The van der Waals surface area contributed by atoms with Crippen LogP contribution in [0, 0.1) is 0 Å². The summed E-state index contributed by atoms with van der Waals surface area (Å²) >= 11 is 0. The molecule has 0 amide bonds. The summed E-state index contributed by atoms with van der Waals surface area (Å²) in [4.78, 5) is 0. The second-order valence-electron chi connectivity index (χ2n) is 9.47. The van der Waals surface area contributed by atoms with Gasteiger partial charge in [-0.3, -0.25) is 4.57 Å². The van der Waals surface area contributed by atoms with Crippen molar-refractivity contribution in [3.63, 3.8) is 0 Å². The first-order valence-corrected chi connectivity index (χ1v) is 14.5. The highest BCUT2D eigenvalue weighted by molar-refractivity contribution is 7.17. The topological polar surface area (TPSA) is 26.3 Å². The molecule has 2 rings (SSSR count). The summed E-state index contributed by atoms with van der Waals surface area (Å²) < 4.78 is 17.8. The Balaban J connectivity index is 1.66. The zero-order valence-electron chi connectivity index (χ0n) is 21.0. The molecule has 33 heavy (non-hydrogen) atoms. The summed E-state index contributed by atoms with van der Waals surface area (Å²) in [6.07, 6.45) is 21.2. The Hall–Kier alpha value is -1.37. The van der Waals surface area contributed by atoms with Gasteiger partial charge in [0.25, 0.3) is 0 Å². The van der Waals surface area contributed by atoms with Gasteiger partial charge in [-0.05, 0) is 24.0 Å². The molecule has 0 fully saturated rings. The molecule has 0 heterocycles. The highest BCUT2D eigenvalue weighted by Gasteiger charge is 2.34. The van der Waals surface area contributed by atoms with Crippen molar-refractivity contribution in [2.45, 2.75) is 115 Å². The molecule has 3 heteroatoms. The molecule has 2 aromatic carbocycles. The van der Waals surface area contributed by atoms with E-state index in [9.17, 15) is 4.57 Å². The first-order valence-electron chi connectivity index (χ1n) is 13.6. The van der Waals surface area contributed by atoms with Gasteiger partial charge in [-0.2, -0.15) is 0 Å². The first-order chi connectivity index (χ1) is 16.3. The van der Waals surface area contributed by atoms with Crippen molar-refractivity contribution < 1.29 is 9.09 Å². The zero-order chi connectivity index (χ0) is 23.5. The minimum Gasteiger partial charge on any atom is -0.316 e. The third-order valence-corrected chi connectivity index (χ3v) is 7.36. The molecule has 0 aromatic heterocycles. The monoisotopic (exact) mass is 470 g/mol. The SMILES string of the molecule is CCCCCCCCCCCCCCCCCC(O[PH2]=O)(c1ccccc1)c1ccccc1. The van der Waals surface area contributed by atoms with Crippen LogP contribution in [0.3, 0.4) is 0 Å². The van der Waals surface area contributed by atoms with E-state index < -0.39 is 14.3 Å². The van der Waals surface area contributed by atoms with Crippen molar-refractivity contribution in [1.82, 2.24) is 0 Å². The zero-order valence-corrected chi connectivity index (χ0v) is 22.1. The minimum atomic E-state index is -1.29. The van der Waals surface area contributed by atoms with E-state index in [2.05, 4.69) is 31.2 Å². The van der Waals surface area contributed by atoms with Crippen LogP contribution in [0.1, 0.15) is 121 Å². The molecule has 184 valence electrons. The van der Waals surface area contributed by atoms with Crippen molar-refractivity contribution >= 4 is 8.69 Å². The summed E-state index contributed by atoms with van der Waals surface area (Å²) in [5.74, 6) is 0. The van der Waals surface area contributed by atoms with Gasteiger partial charge in [0.2, 0.25) is 0 Å². The van der Waals surface area contributed by atoms with Crippen molar-refractivity contribution in [1.29, 1.82) is 0 Å². The van der Waals surface area contributed by atoms with Crippen LogP contribution in [0.4, 0.5) is 0 Å². The van der Waals surface area contributed by atoms with E-state index in [1.807, 2.05) is 36.4 Å². The highest BCUT2D eigenvalue weighted by atomic mass is 31.1. The van der Waals surface area contributed by atoms with Crippen LogP contribution in [-0.2, 0) is 14.7 Å². The summed E-state index contributed by atoms with van der Waals surface area (Å²) in [5.41, 5.74) is 1.60. The molecule has 2 aromatic rings. The number of hydrogen-bond acceptors (Lipinski definition) is 2. The van der Waals surface area contributed by atoms with Crippen LogP contribution in [0.5, 0.6) is 0 Å². The van der Waals surface area contributed by atoms with Gasteiger partial charge in [0.05, 0.1) is 0 Å². The van der Waals surface area contributed by atoms with Crippen LogP contribution < -0.4 is 0 Å². The Bertz CT molecular complexity index is 677. The largest absolute Gasteiger partial charge is 0.316 e. The summed E-state index contributed by atoms with van der Waals surface area (Å²) in [6.45, 7) is 2.28. The normalized spacial score (nSPS) is 12.0. The van der Waals surface area contributed by atoms with Crippen molar-refractivity contribution in [3.05, 3.63) is 71.8 Å². The van der Waals surface area contributed by atoms with E-state index in [4.69, 9.17) is 4.52 Å². The fourth-order valence-corrected chi connectivity index (χ4v) is 5.45. The van der Waals surface area contributed by atoms with E-state index in [0.717, 1.165) is 24.0 Å². The molecule has 0 aliphatic rings. The van der Waals surface area contributed by atoms with Crippen molar-refractivity contribution in [2.75, 3.05) is 0 Å². The summed E-state index contributed by atoms with van der Waals surface area (Å²) in [7, 11) is -1.29. The fraction of sp³-hybridized carbons (Fsp3) is 0.600. The van der Waals surface area contributed by atoms with Crippen LogP contribution in [0.15, 0.2) is 60.7 Å². The smallest absolute Gasteiger partial charge is 0.181 e. The molecule has 1 atom stereocenters. The quantitative estimate of drug-likeness (QED) is 0.142. The van der Waals surface area contributed by atoms with Gasteiger partial charge in [0, 0.05) is 0 Å². The van der Waals surface area contributed by atoms with Crippen LogP contribution in [0.2, 0.25) is 0 Å². The average molecular weight is 471 g/mol. The molecule has 0 aliphatic carbocycles. The van der Waals surface area contributed by atoms with Gasteiger partial charge in [-0.1, -0.05) is 157 Å². The van der Waals surface area contributed by atoms with Crippen LogP contribution in [-0.4, -0.2) is 0 Å². The van der Waals surface area contributed by atoms with E-state index in [-0.39, 0.29) is 0 Å². The molecule has 0 N–H and O–H groups in total. The first kappa shape index (κ1) is 27.9. The predicted octanol–water partition coefficient (Wildman–Crippen LogP) is 9.88. The van der Waals surface area contributed by atoms with Crippen LogP contribution >= 0.6 is 8.69 Å². The lowest BCUT2D eigenvalue weighted by Crippen LogP contribution is -2.28. The van der Waals surface area contributed by atoms with Gasteiger partial charge in [-0.25, -0.2) is 0 Å². The number of rotatable bonds is 20. The molecule has 0 spiro atoms. The van der Waals surface area contributed by atoms with E-state index in [1.54, 1.807) is 0 Å². The highest BCUT2D eigenvalue weighted by Crippen LogP contribution is 2.41. The minimum absolute atomic E-state index is 0.601. The lowest BCUT2D eigenvalue weighted by Gasteiger charge is -2.33. The summed E-state index contributed by atoms with van der Waals surface area (Å²) in [5, 5.41) is 0. The Morgan fingerprint density at radius 2 is 0.939 bits per heavy atom. The Kier molecular flexibility index (Phi) is 15.2. The number of unbranched alkanes of at least 4 members (excludes halogenated alkanes) is 14. The maximum Gasteiger partial charge on any atom is 0.181 e. The van der Waals surface area contributed by atoms with Crippen molar-refractivity contribution in [3.8, 4) is 0 Å². The van der Waals surface area contributed by atoms with Gasteiger partial charge in [0.1, 0.15) is 5.60 Å². The molecule has 0 saturated carbocycles. The third-order valence-electron chi connectivity index (χ3n) is 6.86. The maximum atomic E-state index is 11.7. The molecule has 2 nitrogen and oxygen atoms in total. The molecular formula is C30H47O2P. The second kappa shape index (κ2) is 18.0. The summed E-state index contributed by atoms with van der Waals surface area (Å²) in [6, 6.07) is 20.6. The van der Waals surface area contributed by atoms with E-state index >= 15 is 0 Å². The van der Waals surface area contributed by atoms with Gasteiger partial charge in [0.15, 0.2) is 8.69 Å². The average Bonchev–Trinajstić information content (AvgIpc) is 2.87. The van der Waals surface area contributed by atoms with Gasteiger partial charge >= 0.3 is 0 Å². The Morgan fingerprint density at radius 3 is 1.30 bits per heavy atom. The number of hydrogen-bond donors (Lipinski definition) is 0. The maximum absolute atomic E-state index is 11.7. The molecule has 0 saturated heterocycles. The van der Waals surface area contributed by atoms with Crippen LogP contribution in [0.25, 0.3) is 0 Å². The van der Waals surface area contributed by atoms with Crippen molar-refractivity contribution in [2.24, 2.45) is 0 Å². The standard InChI is InChI=1S/C30H47O2P/c1-2-3-4-5-6-7-8-9-10-11-12-13-14-15-22-27-30(32-33-31,28-23-18-16-19-24-28)29-25-20-17-21-26-29/h16-21,23-26H,2-15,22,27,33H2,1H3. The fourth-order valence-electron chi connectivity index (χ4n) is 4.89. The van der Waals surface area contributed by atoms with E-state index in [0.29, 0.717) is 0 Å². The lowest BCUT2D eigenvalue weighted by molar-refractivity contribution is 0.114. The van der Waals surface area contributed by atoms with E-state index in [1.165, 1.54) is 89.9 Å². The molecular weight excluding hydrogens is 423 g/mol. The Morgan fingerprint density at radius 1 is 0.576 bits per heavy atom. The second-order valence-corrected chi connectivity index (χ2v) is 9.90. The predicted molar refractivity (Wildman–Crippen MR) is 145 cm³/mol. The lowest BCUT2D eigenvalue weighted by atomic mass is 9.82.